The average molecular weight is 562 g/mol. The summed E-state index contributed by atoms with van der Waals surface area (Å²) in [5.41, 5.74) is 0.412. The third-order valence-electron chi connectivity index (χ3n) is 6.16. The summed E-state index contributed by atoms with van der Waals surface area (Å²) in [5.74, 6) is -0.422. The van der Waals surface area contributed by atoms with Crippen LogP contribution in [-0.2, 0) is 4.79 Å². The number of benzene rings is 2. The molecule has 0 spiro atoms. The van der Waals surface area contributed by atoms with Gasteiger partial charge in [0.15, 0.2) is 11.5 Å². The van der Waals surface area contributed by atoms with E-state index < -0.39 is 5.97 Å². The molecule has 2 aromatic rings. The zero-order valence-corrected chi connectivity index (χ0v) is 23.4. The highest BCUT2D eigenvalue weighted by molar-refractivity contribution is 9.09. The van der Waals surface area contributed by atoms with Crippen LogP contribution in [0.3, 0.4) is 0 Å². The number of para-hydroxylation sites is 1. The molecule has 36 heavy (non-hydrogen) atoms. The summed E-state index contributed by atoms with van der Waals surface area (Å²) in [4.78, 5) is 25.2. The lowest BCUT2D eigenvalue weighted by molar-refractivity contribution is -0.138. The van der Waals surface area contributed by atoms with Crippen molar-refractivity contribution in [3.05, 3.63) is 54.1 Å². The highest BCUT2D eigenvalue weighted by atomic mass is 79.9. The molecule has 0 aliphatic rings. The van der Waals surface area contributed by atoms with Crippen LogP contribution in [0, 0.1) is 5.92 Å². The van der Waals surface area contributed by atoms with Gasteiger partial charge in [-0.25, -0.2) is 4.79 Å². The smallest absolute Gasteiger partial charge is 0.343 e. The third kappa shape index (κ3) is 11.2. The van der Waals surface area contributed by atoms with Crippen molar-refractivity contribution in [3.63, 3.8) is 0 Å². The molecular weight excluding hydrogens is 520 g/mol. The number of alkyl halides is 1. The number of hydrogen-bond donors (Lipinski definition) is 0. The van der Waals surface area contributed by atoms with E-state index in [1.54, 1.807) is 42.5 Å². The fourth-order valence-electron chi connectivity index (χ4n) is 3.68. The van der Waals surface area contributed by atoms with E-state index in [1.807, 2.05) is 19.9 Å². The number of ether oxygens (including phenoxy) is 3. The molecule has 0 saturated heterocycles. The highest BCUT2D eigenvalue weighted by Gasteiger charge is 2.21. The fourth-order valence-corrected chi connectivity index (χ4v) is 4.08. The van der Waals surface area contributed by atoms with E-state index in [1.165, 1.54) is 51.4 Å². The molecule has 0 heterocycles. The van der Waals surface area contributed by atoms with Crippen LogP contribution < -0.4 is 14.2 Å². The summed E-state index contributed by atoms with van der Waals surface area (Å²) in [5, 5.41) is 1.11. The molecule has 2 aromatic carbocycles. The van der Waals surface area contributed by atoms with Crippen molar-refractivity contribution >= 4 is 27.9 Å². The van der Waals surface area contributed by atoms with Gasteiger partial charge in [0.05, 0.1) is 18.1 Å². The molecule has 6 heteroatoms. The van der Waals surface area contributed by atoms with Gasteiger partial charge in [-0.3, -0.25) is 4.79 Å². The number of halogens is 1. The van der Waals surface area contributed by atoms with Crippen LogP contribution in [-0.4, -0.2) is 23.9 Å². The Labute approximate surface area is 225 Å². The SMILES string of the molecule is CCC(C)C(=O)Oc1cccc(OCCCCCCCCCCCCBr)c1OC(=O)c1ccccc1. The first-order valence-electron chi connectivity index (χ1n) is 13.4. The van der Waals surface area contributed by atoms with Crippen LogP contribution in [0.4, 0.5) is 0 Å². The normalized spacial score (nSPS) is 11.6. The molecule has 0 aromatic heterocycles. The van der Waals surface area contributed by atoms with Gasteiger partial charge in [-0.05, 0) is 43.5 Å². The Morgan fingerprint density at radius 1 is 0.750 bits per heavy atom. The lowest BCUT2D eigenvalue weighted by Crippen LogP contribution is -2.18. The Bertz CT molecular complexity index is 899. The van der Waals surface area contributed by atoms with Gasteiger partial charge >= 0.3 is 11.9 Å². The molecular formula is C30H41BrO5. The maximum Gasteiger partial charge on any atom is 0.343 e. The standard InChI is InChI=1S/C30H41BrO5/c1-3-24(2)29(32)35-27-21-17-20-26(28(27)36-30(33)25-18-13-12-14-19-25)34-23-16-11-9-7-5-4-6-8-10-15-22-31/h12-14,17-21,24H,3-11,15-16,22-23H2,1-2H3. The Hall–Kier alpha value is -2.34. The van der Waals surface area contributed by atoms with E-state index in [9.17, 15) is 9.59 Å². The second-order valence-corrected chi connectivity index (χ2v) is 9.94. The second kappa shape index (κ2) is 18.0. The minimum absolute atomic E-state index is 0.142. The van der Waals surface area contributed by atoms with Crippen molar-refractivity contribution in [3.8, 4) is 17.2 Å². The van der Waals surface area contributed by atoms with E-state index in [-0.39, 0.29) is 23.4 Å². The first-order valence-corrected chi connectivity index (χ1v) is 14.5. The molecule has 0 aliphatic carbocycles. The maximum absolute atomic E-state index is 12.7. The monoisotopic (exact) mass is 560 g/mol. The van der Waals surface area contributed by atoms with Crippen LogP contribution in [0.25, 0.3) is 0 Å². The zero-order chi connectivity index (χ0) is 26.0. The van der Waals surface area contributed by atoms with Crippen LogP contribution >= 0.6 is 15.9 Å². The van der Waals surface area contributed by atoms with Crippen molar-refractivity contribution < 1.29 is 23.8 Å². The number of carbonyl (C=O) groups is 2. The molecule has 1 unspecified atom stereocenters. The quantitative estimate of drug-likeness (QED) is 0.0790. The van der Waals surface area contributed by atoms with E-state index in [4.69, 9.17) is 14.2 Å². The fraction of sp³-hybridized carbons (Fsp3) is 0.533. The molecule has 0 radical (unpaired) electrons. The van der Waals surface area contributed by atoms with Gasteiger partial charge in [0, 0.05) is 5.33 Å². The molecule has 2 rings (SSSR count). The van der Waals surface area contributed by atoms with Crippen molar-refractivity contribution in [2.24, 2.45) is 5.92 Å². The average Bonchev–Trinajstić information content (AvgIpc) is 2.90. The number of unbranched alkanes of at least 4 members (excludes halogenated alkanes) is 9. The Kier molecular flexibility index (Phi) is 14.9. The first-order chi connectivity index (χ1) is 17.6. The summed E-state index contributed by atoms with van der Waals surface area (Å²) < 4.78 is 17.3. The van der Waals surface area contributed by atoms with Gasteiger partial charge < -0.3 is 14.2 Å². The molecule has 1 atom stereocenters. The lowest BCUT2D eigenvalue weighted by atomic mass is 10.1. The van der Waals surface area contributed by atoms with Crippen molar-refractivity contribution in [1.82, 2.24) is 0 Å². The largest absolute Gasteiger partial charge is 0.490 e. The molecule has 0 bridgehead atoms. The summed E-state index contributed by atoms with van der Waals surface area (Å²) in [6.45, 7) is 4.24. The van der Waals surface area contributed by atoms with Crippen LogP contribution in [0.2, 0.25) is 0 Å². The predicted molar refractivity (Wildman–Crippen MR) is 148 cm³/mol. The number of esters is 2. The Balaban J connectivity index is 1.89. The summed E-state index contributed by atoms with van der Waals surface area (Å²) >= 11 is 3.48. The molecule has 5 nitrogen and oxygen atoms in total. The van der Waals surface area contributed by atoms with Gasteiger partial charge in [-0.2, -0.15) is 0 Å². The first kappa shape index (κ1) is 29.9. The topological polar surface area (TPSA) is 61.8 Å². The summed E-state index contributed by atoms with van der Waals surface area (Å²) in [6, 6.07) is 13.8. The molecule has 0 N–H and O–H groups in total. The minimum atomic E-state index is -0.528. The lowest BCUT2D eigenvalue weighted by Gasteiger charge is -2.16. The highest BCUT2D eigenvalue weighted by Crippen LogP contribution is 2.38. The van der Waals surface area contributed by atoms with E-state index in [0.29, 0.717) is 24.3 Å². The molecule has 198 valence electrons. The summed E-state index contributed by atoms with van der Waals surface area (Å²) in [6.07, 6.45) is 13.0. The van der Waals surface area contributed by atoms with Crippen LogP contribution in [0.15, 0.2) is 48.5 Å². The van der Waals surface area contributed by atoms with E-state index in [0.717, 1.165) is 18.2 Å². The second-order valence-electron chi connectivity index (χ2n) is 9.14. The molecule has 0 saturated carbocycles. The van der Waals surface area contributed by atoms with Crippen molar-refractivity contribution in [1.29, 1.82) is 0 Å². The number of rotatable bonds is 18. The maximum atomic E-state index is 12.7. The zero-order valence-electron chi connectivity index (χ0n) is 21.8. The van der Waals surface area contributed by atoms with Crippen molar-refractivity contribution in [2.75, 3.05) is 11.9 Å². The van der Waals surface area contributed by atoms with Crippen LogP contribution in [0.1, 0.15) is 94.8 Å². The molecule has 0 aliphatic heterocycles. The van der Waals surface area contributed by atoms with Gasteiger partial charge in [0.25, 0.3) is 0 Å². The summed E-state index contributed by atoms with van der Waals surface area (Å²) in [7, 11) is 0. The minimum Gasteiger partial charge on any atom is -0.490 e. The van der Waals surface area contributed by atoms with Gasteiger partial charge in [0.2, 0.25) is 5.75 Å². The Morgan fingerprint density at radius 3 is 1.94 bits per heavy atom. The van der Waals surface area contributed by atoms with E-state index in [2.05, 4.69) is 15.9 Å². The van der Waals surface area contributed by atoms with Crippen LogP contribution in [0.5, 0.6) is 17.2 Å². The number of hydrogen-bond acceptors (Lipinski definition) is 5. The molecule has 0 amide bonds. The van der Waals surface area contributed by atoms with Crippen molar-refractivity contribution in [2.45, 2.75) is 84.5 Å². The predicted octanol–water partition coefficient (Wildman–Crippen LogP) is 8.53. The number of carbonyl (C=O) groups excluding carboxylic acids is 2. The van der Waals surface area contributed by atoms with Gasteiger partial charge in [0.1, 0.15) is 0 Å². The Morgan fingerprint density at radius 2 is 1.33 bits per heavy atom. The van der Waals surface area contributed by atoms with E-state index >= 15 is 0 Å². The van der Waals surface area contributed by atoms with Gasteiger partial charge in [-0.15, -0.1) is 0 Å². The van der Waals surface area contributed by atoms with Gasteiger partial charge in [-0.1, -0.05) is 105 Å². The third-order valence-corrected chi connectivity index (χ3v) is 6.72. The molecule has 0 fully saturated rings.